The Labute approximate surface area is 262 Å². The molecule has 0 amide bonds. The van der Waals surface area contributed by atoms with Gasteiger partial charge in [0.25, 0.3) is 0 Å². The van der Waals surface area contributed by atoms with Crippen molar-refractivity contribution >= 4 is 74.7 Å². The van der Waals surface area contributed by atoms with Crippen molar-refractivity contribution in [2.75, 3.05) is 10.0 Å². The van der Waals surface area contributed by atoms with Crippen molar-refractivity contribution in [1.29, 1.82) is 0 Å². The summed E-state index contributed by atoms with van der Waals surface area (Å²) in [4.78, 5) is 1.25. The summed E-state index contributed by atoms with van der Waals surface area (Å²) in [7, 11) is 1.75. The number of rotatable bonds is 7. The molecule has 1 aromatic heterocycles. The van der Waals surface area contributed by atoms with Crippen molar-refractivity contribution in [3.05, 3.63) is 157 Å². The number of hydrogen-bond acceptors (Lipinski definition) is 3. The minimum atomic E-state index is 1.07. The van der Waals surface area contributed by atoms with Crippen molar-refractivity contribution in [3.8, 4) is 5.69 Å². The van der Waals surface area contributed by atoms with E-state index in [-0.39, 0.29) is 0 Å². The molecule has 0 saturated heterocycles. The standard InChI is InChI=1S/C37H28IN3S/c1-27-34(22-13-23-37(27)42-38)41(30-18-9-4-10-19-30)40(29-16-7-3-8-17-29)31-24-25-33-32-20-11-12-21-35(32)39(36(33)26-31)28-14-5-2-6-15-28/h2-26H,1H3. The van der Waals surface area contributed by atoms with Gasteiger partial charge < -0.3 is 4.57 Å². The van der Waals surface area contributed by atoms with Crippen LogP contribution >= 0.6 is 30.1 Å². The van der Waals surface area contributed by atoms with Crippen LogP contribution in [0, 0.1) is 6.92 Å². The monoisotopic (exact) mass is 673 g/mol. The van der Waals surface area contributed by atoms with E-state index in [9.17, 15) is 0 Å². The van der Waals surface area contributed by atoms with Crippen LogP contribution in [0.3, 0.4) is 0 Å². The molecule has 0 atom stereocenters. The summed E-state index contributed by atoms with van der Waals surface area (Å²) >= 11 is 2.38. The fourth-order valence-corrected chi connectivity index (χ4v) is 7.52. The molecular weight excluding hydrogens is 645 g/mol. The average Bonchev–Trinajstić information content (AvgIpc) is 3.39. The zero-order chi connectivity index (χ0) is 28.5. The lowest BCUT2D eigenvalue weighted by Gasteiger charge is -2.39. The molecule has 0 aliphatic heterocycles. The molecule has 5 heteroatoms. The van der Waals surface area contributed by atoms with Crippen molar-refractivity contribution in [2.24, 2.45) is 0 Å². The predicted molar refractivity (Wildman–Crippen MR) is 189 cm³/mol. The van der Waals surface area contributed by atoms with E-state index in [1.165, 1.54) is 32.3 Å². The Bertz CT molecular complexity index is 1990. The fourth-order valence-electron chi connectivity index (χ4n) is 5.74. The van der Waals surface area contributed by atoms with E-state index in [0.29, 0.717) is 0 Å². The Morgan fingerprint density at radius 3 is 1.81 bits per heavy atom. The second-order valence-electron chi connectivity index (χ2n) is 10.2. The number of aromatic nitrogens is 1. The normalized spacial score (nSPS) is 11.2. The molecular formula is C37H28IN3S. The highest BCUT2D eigenvalue weighted by atomic mass is 127. The number of halogens is 1. The first-order valence-corrected chi connectivity index (χ1v) is 17.3. The van der Waals surface area contributed by atoms with E-state index in [1.807, 2.05) is 0 Å². The van der Waals surface area contributed by atoms with E-state index in [1.54, 1.807) is 8.93 Å². The summed E-state index contributed by atoms with van der Waals surface area (Å²) in [6.45, 7) is 2.21. The third kappa shape index (κ3) is 4.72. The molecule has 0 aliphatic carbocycles. The van der Waals surface area contributed by atoms with Crippen LogP contribution in [-0.2, 0) is 0 Å². The first kappa shape index (κ1) is 26.7. The number of benzene rings is 6. The van der Waals surface area contributed by atoms with Gasteiger partial charge in [0.05, 0.1) is 33.8 Å². The number of nitrogens with zero attached hydrogens (tertiary/aromatic N) is 3. The van der Waals surface area contributed by atoms with Crippen LogP contribution < -0.4 is 10.0 Å². The van der Waals surface area contributed by atoms with E-state index >= 15 is 0 Å². The zero-order valence-electron chi connectivity index (χ0n) is 23.1. The third-order valence-corrected chi connectivity index (χ3v) is 9.72. The van der Waals surface area contributed by atoms with Crippen LogP contribution in [0.2, 0.25) is 0 Å². The topological polar surface area (TPSA) is 11.4 Å². The summed E-state index contributed by atoms with van der Waals surface area (Å²) in [6.07, 6.45) is 0. The Hall–Kier alpha value is -4.20. The molecule has 0 radical (unpaired) electrons. The van der Waals surface area contributed by atoms with Gasteiger partial charge in [0, 0.05) is 42.6 Å². The maximum absolute atomic E-state index is 2.38. The lowest BCUT2D eigenvalue weighted by atomic mass is 10.1. The third-order valence-electron chi connectivity index (χ3n) is 7.68. The molecule has 7 rings (SSSR count). The van der Waals surface area contributed by atoms with Gasteiger partial charge in [-0.15, -0.1) is 0 Å². The molecule has 0 N–H and O–H groups in total. The van der Waals surface area contributed by atoms with E-state index in [4.69, 9.17) is 0 Å². The van der Waals surface area contributed by atoms with Crippen molar-refractivity contribution in [3.63, 3.8) is 0 Å². The van der Waals surface area contributed by atoms with Crippen LogP contribution in [0.4, 0.5) is 22.7 Å². The summed E-state index contributed by atoms with van der Waals surface area (Å²) in [5, 5.41) is 7.16. The van der Waals surface area contributed by atoms with Crippen molar-refractivity contribution in [1.82, 2.24) is 4.57 Å². The van der Waals surface area contributed by atoms with E-state index < -0.39 is 0 Å². The average molecular weight is 674 g/mol. The van der Waals surface area contributed by atoms with Gasteiger partial charge >= 0.3 is 0 Å². The Balaban J connectivity index is 1.53. The number of para-hydroxylation sites is 4. The lowest BCUT2D eigenvalue weighted by Crippen LogP contribution is -2.36. The predicted octanol–water partition coefficient (Wildman–Crippen LogP) is 11.4. The van der Waals surface area contributed by atoms with Crippen LogP contribution in [0.5, 0.6) is 0 Å². The minimum absolute atomic E-state index is 1.07. The van der Waals surface area contributed by atoms with Crippen molar-refractivity contribution < 1.29 is 0 Å². The van der Waals surface area contributed by atoms with Gasteiger partial charge in [0.1, 0.15) is 0 Å². The second-order valence-corrected chi connectivity index (χ2v) is 12.1. The summed E-state index contributed by atoms with van der Waals surface area (Å²) in [5.41, 5.74) is 9.13. The molecule has 6 aromatic carbocycles. The number of hydrogen-bond donors (Lipinski definition) is 0. The first-order chi connectivity index (χ1) is 20.7. The maximum atomic E-state index is 2.38. The van der Waals surface area contributed by atoms with E-state index in [0.717, 1.165) is 28.4 Å². The number of hydrazine groups is 1. The number of fused-ring (bicyclic) bond motifs is 3. The SMILES string of the molecule is Cc1c(SI)cccc1N(c1ccccc1)N(c1ccccc1)c1ccc2c3ccccc3n(-c3ccccc3)c2c1. The van der Waals surface area contributed by atoms with Gasteiger partial charge in [-0.3, -0.25) is 0 Å². The maximum Gasteiger partial charge on any atom is 0.0677 e. The molecule has 0 fully saturated rings. The highest BCUT2D eigenvalue weighted by Crippen LogP contribution is 2.43. The van der Waals surface area contributed by atoms with Crippen LogP contribution in [0.15, 0.2) is 157 Å². The fraction of sp³-hybridized carbons (Fsp3) is 0.0270. The van der Waals surface area contributed by atoms with Crippen molar-refractivity contribution in [2.45, 2.75) is 11.8 Å². The molecule has 0 spiro atoms. The molecule has 204 valence electrons. The molecule has 0 aliphatic rings. The number of anilines is 4. The van der Waals surface area contributed by atoms with Gasteiger partial charge in [-0.2, -0.15) is 0 Å². The Morgan fingerprint density at radius 1 is 0.524 bits per heavy atom. The minimum Gasteiger partial charge on any atom is -0.309 e. The van der Waals surface area contributed by atoms with Gasteiger partial charge in [-0.05, 0) is 79.2 Å². The smallest absolute Gasteiger partial charge is 0.0677 e. The molecule has 1 heterocycles. The van der Waals surface area contributed by atoms with Gasteiger partial charge in [0.2, 0.25) is 0 Å². The van der Waals surface area contributed by atoms with Gasteiger partial charge in [-0.25, -0.2) is 10.0 Å². The Kier molecular flexibility index (Phi) is 7.36. The summed E-state index contributed by atoms with van der Waals surface area (Å²) in [6, 6.07) is 54.0. The molecule has 0 unspecified atom stereocenters. The molecule has 0 bridgehead atoms. The molecule has 0 saturated carbocycles. The first-order valence-electron chi connectivity index (χ1n) is 13.9. The highest BCUT2D eigenvalue weighted by Gasteiger charge is 2.25. The second kappa shape index (κ2) is 11.6. The summed E-state index contributed by atoms with van der Waals surface area (Å²) in [5.74, 6) is 0. The lowest BCUT2D eigenvalue weighted by molar-refractivity contribution is 0.977. The molecule has 42 heavy (non-hydrogen) atoms. The largest absolute Gasteiger partial charge is 0.309 e. The Morgan fingerprint density at radius 2 is 1.12 bits per heavy atom. The van der Waals surface area contributed by atoms with E-state index in [2.05, 4.69) is 194 Å². The molecule has 7 aromatic rings. The highest BCUT2D eigenvalue weighted by molar-refractivity contribution is 14.2. The quantitative estimate of drug-likeness (QED) is 0.123. The zero-order valence-corrected chi connectivity index (χ0v) is 26.0. The van der Waals surface area contributed by atoms with Gasteiger partial charge in [-0.1, -0.05) is 93.9 Å². The molecule has 3 nitrogen and oxygen atoms in total. The van der Waals surface area contributed by atoms with Crippen LogP contribution in [-0.4, -0.2) is 4.57 Å². The summed E-state index contributed by atoms with van der Waals surface area (Å²) < 4.78 is 2.38. The van der Waals surface area contributed by atoms with Crippen LogP contribution in [0.25, 0.3) is 27.5 Å². The van der Waals surface area contributed by atoms with Crippen LogP contribution in [0.1, 0.15) is 5.56 Å². The van der Waals surface area contributed by atoms with Gasteiger partial charge in [0.15, 0.2) is 0 Å².